The topological polar surface area (TPSA) is 52.0 Å². The van der Waals surface area contributed by atoms with Crippen molar-refractivity contribution in [2.24, 2.45) is 17.4 Å². The quantitative estimate of drug-likeness (QED) is 0.615. The molecule has 2 atom stereocenters. The fraction of sp³-hybridized carbons (Fsp3) is 1.00. The number of unbranched alkanes of at least 4 members (excludes halogenated alkanes) is 1. The highest BCUT2D eigenvalue weighted by Crippen LogP contribution is 2.12. The van der Waals surface area contributed by atoms with E-state index in [0.29, 0.717) is 12.0 Å². The number of rotatable bonds is 6. The molecule has 0 aliphatic rings. The van der Waals surface area contributed by atoms with E-state index < -0.39 is 0 Å². The Kier molecular flexibility index (Phi) is 6.57. The molecule has 0 saturated carbocycles. The molecular formula is C9H22N2. The van der Waals surface area contributed by atoms with E-state index in [4.69, 9.17) is 11.5 Å². The molecule has 0 saturated heterocycles. The van der Waals surface area contributed by atoms with E-state index in [0.717, 1.165) is 13.0 Å². The van der Waals surface area contributed by atoms with Crippen LogP contribution in [0.4, 0.5) is 0 Å². The van der Waals surface area contributed by atoms with Gasteiger partial charge in [0, 0.05) is 6.04 Å². The van der Waals surface area contributed by atoms with Gasteiger partial charge >= 0.3 is 0 Å². The number of hydrogen-bond donors (Lipinski definition) is 2. The van der Waals surface area contributed by atoms with Crippen molar-refractivity contribution >= 4 is 0 Å². The molecule has 0 bridgehead atoms. The van der Waals surface area contributed by atoms with Crippen molar-refractivity contribution in [1.82, 2.24) is 0 Å². The Balaban J connectivity index is 3.56. The van der Waals surface area contributed by atoms with Gasteiger partial charge in [-0.3, -0.25) is 0 Å². The van der Waals surface area contributed by atoms with Gasteiger partial charge in [-0.25, -0.2) is 0 Å². The minimum absolute atomic E-state index is 0.312. The Bertz CT molecular complexity index is 83.6. The summed E-state index contributed by atoms with van der Waals surface area (Å²) in [6.45, 7) is 5.07. The Morgan fingerprint density at radius 2 is 1.91 bits per heavy atom. The van der Waals surface area contributed by atoms with Gasteiger partial charge in [-0.05, 0) is 25.3 Å². The first-order valence-electron chi connectivity index (χ1n) is 4.71. The normalized spacial score (nSPS) is 16.4. The van der Waals surface area contributed by atoms with E-state index in [-0.39, 0.29) is 0 Å². The highest BCUT2D eigenvalue weighted by Gasteiger charge is 2.12. The van der Waals surface area contributed by atoms with Gasteiger partial charge in [0.05, 0.1) is 0 Å². The van der Waals surface area contributed by atoms with E-state index in [2.05, 4.69) is 13.8 Å². The molecule has 0 rings (SSSR count). The average Bonchev–Trinajstić information content (AvgIpc) is 2.05. The van der Waals surface area contributed by atoms with E-state index in [1.165, 1.54) is 19.3 Å². The zero-order valence-corrected chi connectivity index (χ0v) is 7.84. The van der Waals surface area contributed by atoms with E-state index in [1.54, 1.807) is 0 Å². The van der Waals surface area contributed by atoms with Crippen molar-refractivity contribution in [2.75, 3.05) is 6.54 Å². The lowest BCUT2D eigenvalue weighted by atomic mass is 9.93. The van der Waals surface area contributed by atoms with Crippen molar-refractivity contribution in [3.8, 4) is 0 Å². The van der Waals surface area contributed by atoms with E-state index >= 15 is 0 Å². The summed E-state index contributed by atoms with van der Waals surface area (Å²) in [5.74, 6) is 0.542. The molecule has 0 spiro atoms. The molecule has 0 aliphatic carbocycles. The minimum Gasteiger partial charge on any atom is -0.330 e. The van der Waals surface area contributed by atoms with Gasteiger partial charge in [-0.2, -0.15) is 0 Å². The lowest BCUT2D eigenvalue weighted by Gasteiger charge is -2.20. The summed E-state index contributed by atoms with van der Waals surface area (Å²) in [5, 5.41) is 0. The van der Waals surface area contributed by atoms with Gasteiger partial charge in [0.1, 0.15) is 0 Å². The maximum Gasteiger partial charge on any atom is 0.00765 e. The Hall–Kier alpha value is -0.0800. The van der Waals surface area contributed by atoms with Gasteiger partial charge in [0.2, 0.25) is 0 Å². The smallest absolute Gasteiger partial charge is 0.00765 e. The summed E-state index contributed by atoms with van der Waals surface area (Å²) in [7, 11) is 0. The van der Waals surface area contributed by atoms with Crippen molar-refractivity contribution in [1.29, 1.82) is 0 Å². The molecule has 0 aliphatic heterocycles. The van der Waals surface area contributed by atoms with E-state index in [1.807, 2.05) is 0 Å². The second-order valence-electron chi connectivity index (χ2n) is 3.21. The van der Waals surface area contributed by atoms with Crippen LogP contribution in [0.15, 0.2) is 0 Å². The molecule has 0 aromatic heterocycles. The molecule has 1 unspecified atom stereocenters. The molecule has 4 N–H and O–H groups in total. The van der Waals surface area contributed by atoms with Gasteiger partial charge in [0.15, 0.2) is 0 Å². The molecule has 2 nitrogen and oxygen atoms in total. The first kappa shape index (κ1) is 10.9. The maximum absolute atomic E-state index is 5.89. The van der Waals surface area contributed by atoms with Crippen LogP contribution >= 0.6 is 0 Å². The van der Waals surface area contributed by atoms with Crippen LogP contribution in [0.2, 0.25) is 0 Å². The third kappa shape index (κ3) is 4.38. The number of nitrogens with two attached hydrogens (primary N) is 2. The van der Waals surface area contributed by atoms with Crippen LogP contribution in [0.5, 0.6) is 0 Å². The minimum atomic E-state index is 0.312. The van der Waals surface area contributed by atoms with Crippen LogP contribution in [0.3, 0.4) is 0 Å². The van der Waals surface area contributed by atoms with Gasteiger partial charge < -0.3 is 11.5 Å². The molecule has 0 fully saturated rings. The van der Waals surface area contributed by atoms with Gasteiger partial charge in [0.25, 0.3) is 0 Å². The fourth-order valence-electron chi connectivity index (χ4n) is 1.31. The SMILES string of the molecule is CCCCC(CN)[C@@H](N)CC. The van der Waals surface area contributed by atoms with Crippen molar-refractivity contribution in [2.45, 2.75) is 45.6 Å². The molecule has 68 valence electrons. The number of hydrogen-bond acceptors (Lipinski definition) is 2. The average molecular weight is 158 g/mol. The molecule has 0 aromatic carbocycles. The monoisotopic (exact) mass is 158 g/mol. The van der Waals surface area contributed by atoms with Crippen LogP contribution in [0, 0.1) is 5.92 Å². The molecule has 2 heteroatoms. The van der Waals surface area contributed by atoms with Crippen LogP contribution in [0.25, 0.3) is 0 Å². The molecule has 0 radical (unpaired) electrons. The van der Waals surface area contributed by atoms with Crippen LogP contribution in [-0.2, 0) is 0 Å². The molecule has 11 heavy (non-hydrogen) atoms. The lowest BCUT2D eigenvalue weighted by Crippen LogP contribution is -2.34. The maximum atomic E-state index is 5.89. The molecule has 0 aromatic rings. The predicted molar refractivity (Wildman–Crippen MR) is 50.3 cm³/mol. The summed E-state index contributed by atoms with van der Waals surface area (Å²) < 4.78 is 0. The summed E-state index contributed by atoms with van der Waals surface area (Å²) in [4.78, 5) is 0. The van der Waals surface area contributed by atoms with E-state index in [9.17, 15) is 0 Å². The summed E-state index contributed by atoms with van der Waals surface area (Å²) in [6.07, 6.45) is 4.75. The standard InChI is InChI=1S/C9H22N2/c1-3-5-6-8(7-10)9(11)4-2/h8-9H,3-7,10-11H2,1-2H3/t8?,9-/m0/s1. The predicted octanol–water partition coefficient (Wildman–Crippen LogP) is 1.49. The highest BCUT2D eigenvalue weighted by molar-refractivity contribution is 4.71. The van der Waals surface area contributed by atoms with Crippen LogP contribution in [0.1, 0.15) is 39.5 Å². The molecule has 0 heterocycles. The van der Waals surface area contributed by atoms with Crippen LogP contribution in [-0.4, -0.2) is 12.6 Å². The molecular weight excluding hydrogens is 136 g/mol. The Labute approximate surface area is 70.3 Å². The zero-order valence-electron chi connectivity index (χ0n) is 7.84. The second-order valence-corrected chi connectivity index (χ2v) is 3.21. The second kappa shape index (κ2) is 6.62. The fourth-order valence-corrected chi connectivity index (χ4v) is 1.31. The van der Waals surface area contributed by atoms with Crippen molar-refractivity contribution < 1.29 is 0 Å². The molecule has 0 amide bonds. The van der Waals surface area contributed by atoms with Crippen LogP contribution < -0.4 is 11.5 Å². The lowest BCUT2D eigenvalue weighted by molar-refractivity contribution is 0.382. The Morgan fingerprint density at radius 3 is 2.27 bits per heavy atom. The summed E-state index contributed by atoms with van der Waals surface area (Å²) >= 11 is 0. The van der Waals surface area contributed by atoms with Crippen molar-refractivity contribution in [3.05, 3.63) is 0 Å². The first-order chi connectivity index (χ1) is 5.26. The van der Waals surface area contributed by atoms with Gasteiger partial charge in [-0.1, -0.05) is 26.7 Å². The van der Waals surface area contributed by atoms with Gasteiger partial charge in [-0.15, -0.1) is 0 Å². The first-order valence-corrected chi connectivity index (χ1v) is 4.71. The largest absolute Gasteiger partial charge is 0.330 e. The third-order valence-corrected chi connectivity index (χ3v) is 2.31. The Morgan fingerprint density at radius 1 is 1.27 bits per heavy atom. The zero-order chi connectivity index (χ0) is 8.69. The summed E-state index contributed by atoms with van der Waals surface area (Å²) in [6, 6.07) is 0.312. The summed E-state index contributed by atoms with van der Waals surface area (Å²) in [5.41, 5.74) is 11.5. The van der Waals surface area contributed by atoms with Crippen molar-refractivity contribution in [3.63, 3.8) is 0 Å². The highest BCUT2D eigenvalue weighted by atomic mass is 14.7. The third-order valence-electron chi connectivity index (χ3n) is 2.31.